The molecule has 0 spiro atoms. The number of anilines is 1. The Labute approximate surface area is 173 Å². The third-order valence-electron chi connectivity index (χ3n) is 6.90. The molecule has 2 unspecified atom stereocenters. The Bertz CT molecular complexity index is 826. The van der Waals surface area contributed by atoms with E-state index < -0.39 is 12.2 Å². The number of carbonyl (C=O) groups is 2. The quantitative estimate of drug-likeness (QED) is 0.764. The molecule has 3 aliphatic carbocycles. The van der Waals surface area contributed by atoms with Crippen molar-refractivity contribution in [2.45, 2.75) is 69.6 Å². The first-order valence-electron chi connectivity index (χ1n) is 10.2. The van der Waals surface area contributed by atoms with Crippen LogP contribution in [0.3, 0.4) is 0 Å². The summed E-state index contributed by atoms with van der Waals surface area (Å²) in [6.07, 6.45) is 5.57. The maximum atomic E-state index is 13.6. The summed E-state index contributed by atoms with van der Waals surface area (Å²) in [5.41, 5.74) is -0.498. The van der Waals surface area contributed by atoms with Crippen LogP contribution in [0.15, 0.2) is 6.20 Å². The standard InChI is InChI=1S/C20H26FN5O2S/c1-13-10-23-18(29-13)25-17(28)19-2-5-20(6-3-19,7-4-19)24-11-16(27)26-12-14(21)8-15(26)9-22/h10,14-15,24H,2-8,11-12H2,1H3,(H,23,25,28). The highest BCUT2D eigenvalue weighted by Gasteiger charge is 2.52. The molecule has 1 aromatic heterocycles. The van der Waals surface area contributed by atoms with E-state index >= 15 is 0 Å². The van der Waals surface area contributed by atoms with E-state index in [-0.39, 0.29) is 42.3 Å². The Balaban J connectivity index is 1.32. The number of fused-ring (bicyclic) bond motifs is 3. The molecule has 3 saturated carbocycles. The van der Waals surface area contributed by atoms with Crippen LogP contribution >= 0.6 is 11.3 Å². The summed E-state index contributed by atoms with van der Waals surface area (Å²) in [4.78, 5) is 32.1. The van der Waals surface area contributed by atoms with Crippen molar-refractivity contribution in [2.24, 2.45) is 5.41 Å². The minimum atomic E-state index is -1.12. The summed E-state index contributed by atoms with van der Waals surface area (Å²) in [7, 11) is 0. The topological polar surface area (TPSA) is 98.1 Å². The molecule has 0 aromatic carbocycles. The number of aryl methyl sites for hydroxylation is 1. The summed E-state index contributed by atoms with van der Waals surface area (Å²) in [5.74, 6) is -0.162. The molecule has 2 atom stereocenters. The van der Waals surface area contributed by atoms with Crippen LogP contribution in [-0.2, 0) is 9.59 Å². The molecule has 1 saturated heterocycles. The normalized spacial score (nSPS) is 33.5. The van der Waals surface area contributed by atoms with Gasteiger partial charge in [-0.2, -0.15) is 5.26 Å². The smallest absolute Gasteiger partial charge is 0.237 e. The van der Waals surface area contributed by atoms with Crippen LogP contribution in [0, 0.1) is 23.7 Å². The van der Waals surface area contributed by atoms with Crippen LogP contribution in [0.1, 0.15) is 49.8 Å². The number of nitriles is 1. The molecule has 2 N–H and O–H groups in total. The van der Waals surface area contributed by atoms with Crippen molar-refractivity contribution < 1.29 is 14.0 Å². The lowest BCUT2D eigenvalue weighted by Gasteiger charge is -2.52. The number of halogens is 1. The van der Waals surface area contributed by atoms with Crippen LogP contribution in [0.25, 0.3) is 0 Å². The molecule has 0 radical (unpaired) electrons. The van der Waals surface area contributed by atoms with Crippen molar-refractivity contribution in [3.8, 4) is 6.07 Å². The summed E-state index contributed by atoms with van der Waals surface area (Å²) >= 11 is 1.48. The van der Waals surface area contributed by atoms with Crippen molar-refractivity contribution in [1.82, 2.24) is 15.2 Å². The van der Waals surface area contributed by atoms with Crippen molar-refractivity contribution >= 4 is 28.3 Å². The number of likely N-dealkylation sites (tertiary alicyclic amines) is 1. The first-order valence-corrected chi connectivity index (χ1v) is 11.0. The monoisotopic (exact) mass is 419 g/mol. The van der Waals surface area contributed by atoms with E-state index in [1.165, 1.54) is 16.2 Å². The predicted octanol–water partition coefficient (Wildman–Crippen LogP) is 2.54. The van der Waals surface area contributed by atoms with Gasteiger partial charge in [0, 0.05) is 28.4 Å². The second-order valence-electron chi connectivity index (χ2n) is 8.67. The summed E-state index contributed by atoms with van der Waals surface area (Å²) in [6.45, 7) is 2.08. The number of aromatic nitrogens is 1. The van der Waals surface area contributed by atoms with Crippen LogP contribution in [0.4, 0.5) is 9.52 Å². The third-order valence-corrected chi connectivity index (χ3v) is 7.73. The second kappa shape index (κ2) is 7.65. The summed E-state index contributed by atoms with van der Waals surface area (Å²) < 4.78 is 13.6. The van der Waals surface area contributed by atoms with Crippen molar-refractivity contribution in [3.63, 3.8) is 0 Å². The molecular weight excluding hydrogens is 393 g/mol. The third kappa shape index (κ3) is 3.88. The van der Waals surface area contributed by atoms with Gasteiger partial charge in [0.1, 0.15) is 12.2 Å². The van der Waals surface area contributed by atoms with Gasteiger partial charge in [-0.3, -0.25) is 9.59 Å². The lowest BCUT2D eigenvalue weighted by molar-refractivity contribution is -0.135. The van der Waals surface area contributed by atoms with Gasteiger partial charge in [-0.1, -0.05) is 0 Å². The fraction of sp³-hybridized carbons (Fsp3) is 0.700. The van der Waals surface area contributed by atoms with Gasteiger partial charge in [0.15, 0.2) is 5.13 Å². The van der Waals surface area contributed by atoms with E-state index in [9.17, 15) is 14.0 Å². The maximum Gasteiger partial charge on any atom is 0.237 e. The van der Waals surface area contributed by atoms with E-state index in [1.807, 2.05) is 13.0 Å². The average molecular weight is 420 g/mol. The summed E-state index contributed by atoms with van der Waals surface area (Å²) in [6, 6.07) is 1.36. The largest absolute Gasteiger partial charge is 0.323 e. The number of hydrogen-bond donors (Lipinski definition) is 2. The van der Waals surface area contributed by atoms with Crippen LogP contribution < -0.4 is 10.6 Å². The lowest BCUT2D eigenvalue weighted by atomic mass is 9.57. The molecule has 1 aliphatic heterocycles. The zero-order valence-electron chi connectivity index (χ0n) is 16.5. The molecule has 4 fully saturated rings. The Morgan fingerprint density at radius 2 is 2.03 bits per heavy atom. The SMILES string of the molecule is Cc1cnc(NC(=O)C23CCC(NCC(=O)N4CC(F)CC4C#N)(CC2)CC3)s1. The molecule has 4 aliphatic rings. The molecule has 2 heterocycles. The molecule has 1 aromatic rings. The van der Waals surface area contributed by atoms with E-state index in [0.29, 0.717) is 5.13 Å². The lowest BCUT2D eigenvalue weighted by Crippen LogP contribution is -2.59. The number of nitrogens with one attached hydrogen (secondary N) is 2. The van der Waals surface area contributed by atoms with E-state index in [1.54, 1.807) is 6.20 Å². The predicted molar refractivity (Wildman–Crippen MR) is 107 cm³/mol. The van der Waals surface area contributed by atoms with Gasteiger partial charge in [0.2, 0.25) is 11.8 Å². The zero-order valence-corrected chi connectivity index (χ0v) is 17.4. The first kappa shape index (κ1) is 20.2. The highest BCUT2D eigenvalue weighted by molar-refractivity contribution is 7.15. The minimum absolute atomic E-state index is 0.00521. The fourth-order valence-electron chi connectivity index (χ4n) is 4.98. The van der Waals surface area contributed by atoms with E-state index in [4.69, 9.17) is 5.26 Å². The van der Waals surface area contributed by atoms with Crippen molar-refractivity contribution in [1.29, 1.82) is 5.26 Å². The fourth-order valence-corrected chi connectivity index (χ4v) is 5.64. The highest BCUT2D eigenvalue weighted by Crippen LogP contribution is 2.52. The molecular formula is C20H26FN5O2S. The minimum Gasteiger partial charge on any atom is -0.323 e. The number of rotatable bonds is 5. The maximum absolute atomic E-state index is 13.6. The highest BCUT2D eigenvalue weighted by atomic mass is 32.1. The van der Waals surface area contributed by atoms with E-state index in [0.717, 1.165) is 43.4 Å². The van der Waals surface area contributed by atoms with Gasteiger partial charge in [-0.15, -0.1) is 11.3 Å². The number of thiazole rings is 1. The van der Waals surface area contributed by atoms with Gasteiger partial charge < -0.3 is 15.5 Å². The molecule has 7 nitrogen and oxygen atoms in total. The number of hydrogen-bond acceptors (Lipinski definition) is 6. The van der Waals surface area contributed by atoms with Gasteiger partial charge in [-0.05, 0) is 45.4 Å². The first-order chi connectivity index (χ1) is 13.8. The second-order valence-corrected chi connectivity index (χ2v) is 9.90. The molecule has 29 heavy (non-hydrogen) atoms. The van der Waals surface area contributed by atoms with Crippen molar-refractivity contribution in [3.05, 3.63) is 11.1 Å². The summed E-state index contributed by atoms with van der Waals surface area (Å²) in [5, 5.41) is 16.2. The Morgan fingerprint density at radius 3 is 2.62 bits per heavy atom. The van der Waals surface area contributed by atoms with Crippen LogP contribution in [0.2, 0.25) is 0 Å². The Morgan fingerprint density at radius 1 is 1.34 bits per heavy atom. The van der Waals surface area contributed by atoms with Crippen LogP contribution in [0.5, 0.6) is 0 Å². The molecule has 5 rings (SSSR count). The van der Waals surface area contributed by atoms with Gasteiger partial charge >= 0.3 is 0 Å². The number of carbonyl (C=O) groups excluding carboxylic acids is 2. The average Bonchev–Trinajstić information content (AvgIpc) is 3.32. The molecule has 9 heteroatoms. The Kier molecular flexibility index (Phi) is 5.34. The number of alkyl halides is 1. The molecule has 2 bridgehead atoms. The van der Waals surface area contributed by atoms with Gasteiger partial charge in [0.25, 0.3) is 0 Å². The van der Waals surface area contributed by atoms with Gasteiger partial charge in [-0.25, -0.2) is 9.37 Å². The number of amides is 2. The molecule has 156 valence electrons. The van der Waals surface area contributed by atoms with Crippen molar-refractivity contribution in [2.75, 3.05) is 18.4 Å². The van der Waals surface area contributed by atoms with Gasteiger partial charge in [0.05, 0.1) is 19.2 Å². The Hall–Kier alpha value is -2.05. The van der Waals surface area contributed by atoms with E-state index in [2.05, 4.69) is 15.6 Å². The molecule has 2 amide bonds. The zero-order chi connectivity index (χ0) is 20.6. The van der Waals surface area contributed by atoms with Crippen LogP contribution in [-0.4, -0.2) is 52.5 Å². The number of nitrogens with zero attached hydrogens (tertiary/aromatic N) is 3.